The SMILES string of the molecule is C#CC(C)C(Cc1ccccc1)C(=O)OC. The van der Waals surface area contributed by atoms with Crippen molar-refractivity contribution in [2.24, 2.45) is 11.8 Å². The summed E-state index contributed by atoms with van der Waals surface area (Å²) in [5.41, 5.74) is 1.10. The predicted octanol–water partition coefficient (Wildman–Crippen LogP) is 2.29. The van der Waals surface area contributed by atoms with Gasteiger partial charge in [-0.05, 0) is 12.0 Å². The van der Waals surface area contributed by atoms with Gasteiger partial charge in [0.15, 0.2) is 0 Å². The molecule has 2 heteroatoms. The zero-order valence-electron chi connectivity index (χ0n) is 9.64. The van der Waals surface area contributed by atoms with Gasteiger partial charge >= 0.3 is 5.97 Å². The van der Waals surface area contributed by atoms with Gasteiger partial charge in [0.05, 0.1) is 13.0 Å². The van der Waals surface area contributed by atoms with Crippen LogP contribution in [0.25, 0.3) is 0 Å². The highest BCUT2D eigenvalue weighted by Crippen LogP contribution is 2.18. The number of terminal acetylenes is 1. The second-order valence-electron chi connectivity index (χ2n) is 3.77. The van der Waals surface area contributed by atoms with Crippen molar-refractivity contribution in [2.45, 2.75) is 13.3 Å². The molecule has 1 rings (SSSR count). The van der Waals surface area contributed by atoms with E-state index in [2.05, 4.69) is 5.92 Å². The van der Waals surface area contributed by atoms with Gasteiger partial charge in [0.1, 0.15) is 0 Å². The summed E-state index contributed by atoms with van der Waals surface area (Å²) in [6, 6.07) is 9.81. The first-order valence-electron chi connectivity index (χ1n) is 5.27. The maximum atomic E-state index is 11.6. The molecule has 2 nitrogen and oxygen atoms in total. The van der Waals surface area contributed by atoms with E-state index in [1.165, 1.54) is 7.11 Å². The number of methoxy groups -OCH3 is 1. The van der Waals surface area contributed by atoms with E-state index in [0.717, 1.165) is 5.56 Å². The maximum Gasteiger partial charge on any atom is 0.310 e. The fourth-order valence-electron chi connectivity index (χ4n) is 1.60. The van der Waals surface area contributed by atoms with E-state index in [1.807, 2.05) is 37.3 Å². The highest BCUT2D eigenvalue weighted by atomic mass is 16.5. The molecule has 0 bridgehead atoms. The number of ether oxygens (including phenoxy) is 1. The minimum atomic E-state index is -0.266. The molecule has 2 unspecified atom stereocenters. The van der Waals surface area contributed by atoms with Gasteiger partial charge in [0.25, 0.3) is 0 Å². The minimum absolute atomic E-state index is 0.118. The molecule has 0 aliphatic rings. The molecule has 0 fully saturated rings. The molecule has 1 aromatic rings. The van der Waals surface area contributed by atoms with Crippen LogP contribution < -0.4 is 0 Å². The lowest BCUT2D eigenvalue weighted by Gasteiger charge is -2.17. The van der Waals surface area contributed by atoms with Gasteiger partial charge in [-0.2, -0.15) is 0 Å². The van der Waals surface area contributed by atoms with E-state index < -0.39 is 0 Å². The van der Waals surface area contributed by atoms with Crippen molar-refractivity contribution in [3.8, 4) is 12.3 Å². The van der Waals surface area contributed by atoms with Crippen molar-refractivity contribution in [2.75, 3.05) is 7.11 Å². The van der Waals surface area contributed by atoms with Crippen LogP contribution in [0, 0.1) is 24.2 Å². The van der Waals surface area contributed by atoms with Crippen LogP contribution >= 0.6 is 0 Å². The Kier molecular flexibility index (Phi) is 4.60. The van der Waals surface area contributed by atoms with Crippen LogP contribution in [0.1, 0.15) is 12.5 Å². The zero-order chi connectivity index (χ0) is 12.0. The van der Waals surface area contributed by atoms with Crippen molar-refractivity contribution in [1.29, 1.82) is 0 Å². The predicted molar refractivity (Wildman–Crippen MR) is 63.6 cm³/mol. The summed E-state index contributed by atoms with van der Waals surface area (Å²) in [5, 5.41) is 0. The lowest BCUT2D eigenvalue weighted by molar-refractivity contribution is -0.146. The van der Waals surface area contributed by atoms with Crippen LogP contribution in [-0.2, 0) is 16.0 Å². The fraction of sp³-hybridized carbons (Fsp3) is 0.357. The molecule has 2 atom stereocenters. The third-order valence-corrected chi connectivity index (χ3v) is 2.67. The Morgan fingerprint density at radius 1 is 1.44 bits per heavy atom. The van der Waals surface area contributed by atoms with Crippen LogP contribution in [0.15, 0.2) is 30.3 Å². The average molecular weight is 216 g/mol. The van der Waals surface area contributed by atoms with Crippen LogP contribution in [0.5, 0.6) is 0 Å². The molecule has 0 N–H and O–H groups in total. The quantitative estimate of drug-likeness (QED) is 0.570. The fourth-order valence-corrected chi connectivity index (χ4v) is 1.60. The number of esters is 1. The largest absolute Gasteiger partial charge is 0.469 e. The van der Waals surface area contributed by atoms with Gasteiger partial charge in [-0.3, -0.25) is 4.79 Å². The van der Waals surface area contributed by atoms with Crippen molar-refractivity contribution >= 4 is 5.97 Å². The second kappa shape index (κ2) is 5.97. The Hall–Kier alpha value is -1.75. The third kappa shape index (κ3) is 3.13. The Morgan fingerprint density at radius 3 is 2.56 bits per heavy atom. The lowest BCUT2D eigenvalue weighted by Crippen LogP contribution is -2.24. The maximum absolute atomic E-state index is 11.6. The Labute approximate surface area is 96.6 Å². The van der Waals surface area contributed by atoms with Gasteiger partial charge in [0, 0.05) is 5.92 Å². The second-order valence-corrected chi connectivity index (χ2v) is 3.77. The Morgan fingerprint density at radius 2 is 2.06 bits per heavy atom. The number of rotatable bonds is 4. The molecule has 16 heavy (non-hydrogen) atoms. The summed E-state index contributed by atoms with van der Waals surface area (Å²) in [4.78, 5) is 11.6. The summed E-state index contributed by atoms with van der Waals surface area (Å²) in [5.74, 6) is 1.97. The first-order valence-corrected chi connectivity index (χ1v) is 5.27. The summed E-state index contributed by atoms with van der Waals surface area (Å²) in [6.45, 7) is 1.87. The normalized spacial score (nSPS) is 13.6. The molecular weight excluding hydrogens is 200 g/mol. The number of hydrogen-bond donors (Lipinski definition) is 0. The molecule has 1 aromatic carbocycles. The van der Waals surface area contributed by atoms with E-state index in [0.29, 0.717) is 6.42 Å². The van der Waals surface area contributed by atoms with E-state index in [-0.39, 0.29) is 17.8 Å². The van der Waals surface area contributed by atoms with Crippen LogP contribution in [-0.4, -0.2) is 13.1 Å². The van der Waals surface area contributed by atoms with Crippen molar-refractivity contribution < 1.29 is 9.53 Å². The van der Waals surface area contributed by atoms with Gasteiger partial charge in [-0.25, -0.2) is 0 Å². The molecule has 0 spiro atoms. The molecule has 0 aliphatic heterocycles. The average Bonchev–Trinajstić information content (AvgIpc) is 2.35. The lowest BCUT2D eigenvalue weighted by atomic mass is 9.88. The molecule has 0 saturated carbocycles. The zero-order valence-corrected chi connectivity index (χ0v) is 9.64. The molecular formula is C14H16O2. The van der Waals surface area contributed by atoms with E-state index in [1.54, 1.807) is 0 Å². The number of carbonyl (C=O) groups excluding carboxylic acids is 1. The standard InChI is InChI=1S/C14H16O2/c1-4-11(2)13(14(15)16-3)10-12-8-6-5-7-9-12/h1,5-9,11,13H,10H2,2-3H3. The molecule has 0 aliphatic carbocycles. The smallest absolute Gasteiger partial charge is 0.310 e. The van der Waals surface area contributed by atoms with E-state index in [4.69, 9.17) is 11.2 Å². The van der Waals surface area contributed by atoms with E-state index in [9.17, 15) is 4.79 Å². The van der Waals surface area contributed by atoms with Crippen LogP contribution in [0.4, 0.5) is 0 Å². The Bertz CT molecular complexity index is 375. The van der Waals surface area contributed by atoms with Crippen molar-refractivity contribution in [3.05, 3.63) is 35.9 Å². The van der Waals surface area contributed by atoms with Gasteiger partial charge < -0.3 is 4.74 Å². The summed E-state index contributed by atoms with van der Waals surface area (Å²) in [6.07, 6.45) is 5.99. The molecule has 0 radical (unpaired) electrons. The molecule has 84 valence electrons. The number of carbonyl (C=O) groups is 1. The number of hydrogen-bond acceptors (Lipinski definition) is 2. The van der Waals surface area contributed by atoms with Gasteiger partial charge in [-0.1, -0.05) is 37.3 Å². The summed E-state index contributed by atoms with van der Waals surface area (Å²) < 4.78 is 4.77. The highest BCUT2D eigenvalue weighted by Gasteiger charge is 2.24. The topological polar surface area (TPSA) is 26.3 Å². The first kappa shape index (κ1) is 12.3. The first-order chi connectivity index (χ1) is 7.69. The van der Waals surface area contributed by atoms with Crippen molar-refractivity contribution in [3.63, 3.8) is 0 Å². The summed E-state index contributed by atoms with van der Waals surface area (Å²) >= 11 is 0. The minimum Gasteiger partial charge on any atom is -0.469 e. The monoisotopic (exact) mass is 216 g/mol. The third-order valence-electron chi connectivity index (χ3n) is 2.67. The molecule has 0 heterocycles. The summed E-state index contributed by atoms with van der Waals surface area (Å²) in [7, 11) is 1.39. The van der Waals surface area contributed by atoms with Crippen molar-refractivity contribution in [1.82, 2.24) is 0 Å². The Balaban J connectivity index is 2.80. The molecule has 0 aromatic heterocycles. The van der Waals surface area contributed by atoms with E-state index >= 15 is 0 Å². The highest BCUT2D eigenvalue weighted by molar-refractivity contribution is 5.73. The van der Waals surface area contributed by atoms with Gasteiger partial charge in [-0.15, -0.1) is 12.3 Å². The van der Waals surface area contributed by atoms with Crippen LogP contribution in [0.3, 0.4) is 0 Å². The number of benzene rings is 1. The molecule has 0 amide bonds. The molecule has 0 saturated heterocycles. The van der Waals surface area contributed by atoms with Gasteiger partial charge in [0.2, 0.25) is 0 Å². The van der Waals surface area contributed by atoms with Crippen LogP contribution in [0.2, 0.25) is 0 Å².